The molecule has 0 saturated carbocycles. The molecule has 0 atom stereocenters. The molecule has 4 aromatic rings. The summed E-state index contributed by atoms with van der Waals surface area (Å²) in [5, 5.41) is 20.5. The molecular formula is C22H18BNO2S. The molecule has 27 heavy (non-hydrogen) atoms. The third-order valence-electron chi connectivity index (χ3n) is 4.47. The van der Waals surface area contributed by atoms with Crippen LogP contribution in [0.25, 0.3) is 21.9 Å². The second-order valence-electron chi connectivity index (χ2n) is 6.07. The molecule has 0 spiro atoms. The first-order valence-corrected chi connectivity index (χ1v) is 9.50. The van der Waals surface area contributed by atoms with E-state index in [2.05, 4.69) is 90.2 Å². The van der Waals surface area contributed by atoms with E-state index in [0.717, 1.165) is 0 Å². The highest BCUT2D eigenvalue weighted by Crippen LogP contribution is 2.48. The van der Waals surface area contributed by atoms with E-state index < -0.39 is 7.69 Å². The van der Waals surface area contributed by atoms with E-state index in [9.17, 15) is 0 Å². The average molecular weight is 371 g/mol. The van der Waals surface area contributed by atoms with Crippen LogP contribution in [0.4, 0.5) is 11.4 Å². The third-order valence-corrected chi connectivity index (χ3v) is 5.61. The van der Waals surface area contributed by atoms with Crippen LogP contribution in [0.1, 0.15) is 0 Å². The molecule has 1 aliphatic heterocycles. The molecule has 5 heteroatoms. The second kappa shape index (κ2) is 7.88. The molecule has 0 aliphatic carbocycles. The lowest BCUT2D eigenvalue weighted by molar-refractivity contribution is 0.448. The number of para-hydroxylation sites is 2. The van der Waals surface area contributed by atoms with Crippen molar-refractivity contribution in [1.29, 1.82) is 0 Å². The van der Waals surface area contributed by atoms with E-state index in [1.807, 2.05) is 11.8 Å². The van der Waals surface area contributed by atoms with Gasteiger partial charge in [0.05, 0.1) is 11.4 Å². The van der Waals surface area contributed by atoms with Crippen molar-refractivity contribution in [3.8, 4) is 11.1 Å². The molecular weight excluding hydrogens is 353 g/mol. The molecule has 0 amide bonds. The van der Waals surface area contributed by atoms with Crippen LogP contribution in [0.2, 0.25) is 0 Å². The van der Waals surface area contributed by atoms with E-state index in [4.69, 9.17) is 10.0 Å². The van der Waals surface area contributed by atoms with Crippen molar-refractivity contribution >= 4 is 41.6 Å². The van der Waals surface area contributed by atoms with Crippen molar-refractivity contribution < 1.29 is 10.0 Å². The van der Waals surface area contributed by atoms with Gasteiger partial charge in [-0.25, -0.2) is 0 Å². The highest BCUT2D eigenvalue weighted by molar-refractivity contribution is 7.99. The summed E-state index contributed by atoms with van der Waals surface area (Å²) in [6.07, 6.45) is 0. The minimum Gasteiger partial charge on any atom is -0.430 e. The zero-order chi connectivity index (χ0) is 18.6. The maximum Gasteiger partial charge on any atom is 0.432 e. The van der Waals surface area contributed by atoms with Crippen molar-refractivity contribution in [2.45, 2.75) is 9.79 Å². The number of hydrogen-bond acceptors (Lipinski definition) is 4. The van der Waals surface area contributed by atoms with E-state index in [1.54, 1.807) is 0 Å². The standard InChI is InChI=1S/C22H15NS.BH3O2/c1-2-9-16-15(7-1)8-5-10-17(16)18-11-6-14-21-22(18)23-19-12-3-4-13-20(19)24-21;2-1-3/h1-14,23H;1-3H. The van der Waals surface area contributed by atoms with Crippen molar-refractivity contribution in [2.24, 2.45) is 0 Å². The van der Waals surface area contributed by atoms with Crippen molar-refractivity contribution in [1.82, 2.24) is 0 Å². The molecule has 3 N–H and O–H groups in total. The Morgan fingerprint density at radius 1 is 0.667 bits per heavy atom. The SMILES string of the molecule is OBO.c1ccc2c(c1)Nc1c(cccc1-c1cccc3ccccc13)S2. The van der Waals surface area contributed by atoms with Gasteiger partial charge >= 0.3 is 7.69 Å². The summed E-state index contributed by atoms with van der Waals surface area (Å²) >= 11 is 1.83. The summed E-state index contributed by atoms with van der Waals surface area (Å²) in [6.45, 7) is 0. The second-order valence-corrected chi connectivity index (χ2v) is 7.15. The van der Waals surface area contributed by atoms with Crippen LogP contribution < -0.4 is 5.32 Å². The Hall–Kier alpha value is -2.73. The van der Waals surface area contributed by atoms with Gasteiger partial charge in [-0.15, -0.1) is 0 Å². The van der Waals surface area contributed by atoms with Crippen LogP contribution in [-0.2, 0) is 0 Å². The van der Waals surface area contributed by atoms with Gasteiger partial charge in [0, 0.05) is 15.4 Å². The number of anilines is 2. The number of rotatable bonds is 1. The van der Waals surface area contributed by atoms with Gasteiger partial charge < -0.3 is 15.4 Å². The summed E-state index contributed by atoms with van der Waals surface area (Å²) in [5.74, 6) is 0. The Labute approximate surface area is 163 Å². The Morgan fingerprint density at radius 2 is 1.30 bits per heavy atom. The van der Waals surface area contributed by atoms with E-state index in [1.165, 1.54) is 43.1 Å². The third kappa shape index (κ3) is 3.45. The average Bonchev–Trinajstić information content (AvgIpc) is 2.72. The predicted octanol–water partition coefficient (Wildman–Crippen LogP) is 4.95. The Balaban J connectivity index is 0.000000565. The summed E-state index contributed by atoms with van der Waals surface area (Å²) in [5.41, 5.74) is 4.92. The zero-order valence-corrected chi connectivity index (χ0v) is 15.4. The molecule has 3 nitrogen and oxygen atoms in total. The zero-order valence-electron chi connectivity index (χ0n) is 14.6. The Bertz CT molecular complexity index is 1100. The van der Waals surface area contributed by atoms with E-state index in [-0.39, 0.29) is 0 Å². The molecule has 5 rings (SSSR count). The fourth-order valence-electron chi connectivity index (χ4n) is 3.34. The van der Waals surface area contributed by atoms with E-state index in [0.29, 0.717) is 0 Å². The van der Waals surface area contributed by atoms with Gasteiger partial charge in [0.2, 0.25) is 0 Å². The summed E-state index contributed by atoms with van der Waals surface area (Å²) < 4.78 is 0. The van der Waals surface area contributed by atoms with Crippen LogP contribution >= 0.6 is 11.8 Å². The van der Waals surface area contributed by atoms with Gasteiger partial charge in [-0.3, -0.25) is 0 Å². The molecule has 0 aromatic heterocycles. The first-order valence-electron chi connectivity index (χ1n) is 8.68. The molecule has 1 heterocycles. The molecule has 0 saturated heterocycles. The predicted molar refractivity (Wildman–Crippen MR) is 115 cm³/mol. The van der Waals surface area contributed by atoms with E-state index >= 15 is 0 Å². The van der Waals surface area contributed by atoms with Gasteiger partial charge in [0.25, 0.3) is 0 Å². The maximum absolute atomic E-state index is 7.12. The van der Waals surface area contributed by atoms with Gasteiger partial charge in [-0.05, 0) is 34.5 Å². The van der Waals surface area contributed by atoms with Crippen molar-refractivity contribution in [3.63, 3.8) is 0 Å². The van der Waals surface area contributed by atoms with Crippen LogP contribution in [0.5, 0.6) is 0 Å². The quantitative estimate of drug-likeness (QED) is 0.365. The molecule has 4 aromatic carbocycles. The van der Waals surface area contributed by atoms with Gasteiger partial charge in [-0.1, -0.05) is 78.5 Å². The topological polar surface area (TPSA) is 52.5 Å². The summed E-state index contributed by atoms with van der Waals surface area (Å²) in [4.78, 5) is 2.55. The highest BCUT2D eigenvalue weighted by atomic mass is 32.2. The molecule has 0 fully saturated rings. The monoisotopic (exact) mass is 371 g/mol. The molecule has 0 bridgehead atoms. The smallest absolute Gasteiger partial charge is 0.430 e. The first-order chi connectivity index (χ1) is 13.3. The summed E-state index contributed by atoms with van der Waals surface area (Å²) in [7, 11) is -0.750. The van der Waals surface area contributed by atoms with Gasteiger partial charge in [-0.2, -0.15) is 0 Å². The molecule has 132 valence electrons. The Morgan fingerprint density at radius 3 is 2.19 bits per heavy atom. The Kier molecular flexibility index (Phi) is 5.16. The lowest BCUT2D eigenvalue weighted by Crippen LogP contribution is -2.01. The molecule has 0 unspecified atom stereocenters. The number of fused-ring (bicyclic) bond motifs is 3. The van der Waals surface area contributed by atoms with Crippen LogP contribution in [0.3, 0.4) is 0 Å². The number of hydrogen-bond donors (Lipinski definition) is 3. The number of benzene rings is 4. The van der Waals surface area contributed by atoms with Crippen LogP contribution in [-0.4, -0.2) is 17.7 Å². The lowest BCUT2D eigenvalue weighted by Gasteiger charge is -2.23. The molecule has 0 radical (unpaired) electrons. The fraction of sp³-hybridized carbons (Fsp3) is 0. The van der Waals surface area contributed by atoms with Crippen LogP contribution in [0.15, 0.2) is 94.7 Å². The minimum atomic E-state index is -0.750. The van der Waals surface area contributed by atoms with Gasteiger partial charge in [0.15, 0.2) is 0 Å². The fourth-order valence-corrected chi connectivity index (χ4v) is 4.36. The highest BCUT2D eigenvalue weighted by Gasteiger charge is 2.19. The minimum absolute atomic E-state index is 0.750. The summed E-state index contributed by atoms with van der Waals surface area (Å²) in [6, 6.07) is 30.1. The molecule has 1 aliphatic rings. The number of nitrogens with one attached hydrogen (secondary N) is 1. The van der Waals surface area contributed by atoms with Crippen LogP contribution in [0, 0.1) is 0 Å². The normalized spacial score (nSPS) is 11.5. The van der Waals surface area contributed by atoms with Crippen molar-refractivity contribution in [3.05, 3.63) is 84.9 Å². The van der Waals surface area contributed by atoms with Crippen molar-refractivity contribution in [2.75, 3.05) is 5.32 Å². The van der Waals surface area contributed by atoms with Gasteiger partial charge in [0.1, 0.15) is 0 Å². The largest absolute Gasteiger partial charge is 0.432 e. The maximum atomic E-state index is 7.12. The lowest BCUT2D eigenvalue weighted by atomic mass is 9.97. The first kappa shape index (κ1) is 17.7.